The molecule has 0 saturated heterocycles. The van der Waals surface area contributed by atoms with E-state index in [2.05, 4.69) is 0 Å². The second-order valence-corrected chi connectivity index (χ2v) is 5.28. The molecule has 0 heterocycles. The maximum atomic E-state index is 10.5. The van der Waals surface area contributed by atoms with Gasteiger partial charge in [-0.1, -0.05) is 30.3 Å². The van der Waals surface area contributed by atoms with E-state index < -0.39 is 12.2 Å². The molecular formula is C18H22O4. The molecule has 0 fully saturated rings. The third-order valence-electron chi connectivity index (χ3n) is 3.68. The molecule has 0 spiro atoms. The number of aryl methyl sites for hydroxylation is 2. The molecule has 2 aromatic rings. The average molecular weight is 302 g/mol. The molecule has 2 unspecified atom stereocenters. The molecule has 0 bridgehead atoms. The number of hydrogen-bond donors (Lipinski definition) is 2. The Balaban J connectivity index is 2.22. The Morgan fingerprint density at radius 1 is 1.00 bits per heavy atom. The van der Waals surface area contributed by atoms with E-state index in [9.17, 15) is 10.2 Å². The van der Waals surface area contributed by atoms with Gasteiger partial charge in [0.15, 0.2) is 6.10 Å². The molecule has 0 aliphatic carbocycles. The molecule has 0 saturated carbocycles. The minimum absolute atomic E-state index is 0.286. The van der Waals surface area contributed by atoms with Gasteiger partial charge in [-0.05, 0) is 42.7 Å². The van der Waals surface area contributed by atoms with Gasteiger partial charge in [-0.2, -0.15) is 0 Å². The van der Waals surface area contributed by atoms with E-state index in [1.165, 1.54) is 0 Å². The minimum atomic E-state index is -0.945. The van der Waals surface area contributed by atoms with Crippen molar-refractivity contribution in [3.8, 4) is 11.5 Å². The fourth-order valence-corrected chi connectivity index (χ4v) is 2.29. The molecule has 2 atom stereocenters. The Morgan fingerprint density at radius 3 is 2.32 bits per heavy atom. The van der Waals surface area contributed by atoms with Gasteiger partial charge in [0.05, 0.1) is 13.7 Å². The highest BCUT2D eigenvalue weighted by Crippen LogP contribution is 2.28. The molecule has 0 amide bonds. The lowest BCUT2D eigenvalue weighted by Gasteiger charge is -2.24. The number of rotatable bonds is 6. The fourth-order valence-electron chi connectivity index (χ4n) is 2.29. The van der Waals surface area contributed by atoms with Gasteiger partial charge in [-0.25, -0.2) is 0 Å². The number of hydrogen-bond acceptors (Lipinski definition) is 4. The van der Waals surface area contributed by atoms with Crippen LogP contribution in [-0.4, -0.2) is 30.0 Å². The zero-order chi connectivity index (χ0) is 16.1. The van der Waals surface area contributed by atoms with Crippen LogP contribution >= 0.6 is 0 Å². The van der Waals surface area contributed by atoms with E-state index in [1.54, 1.807) is 13.2 Å². The van der Waals surface area contributed by atoms with Crippen molar-refractivity contribution in [1.82, 2.24) is 0 Å². The monoisotopic (exact) mass is 302 g/mol. The summed E-state index contributed by atoms with van der Waals surface area (Å²) in [6.07, 6.45) is -1.69. The topological polar surface area (TPSA) is 58.9 Å². The molecule has 2 rings (SSSR count). The SMILES string of the molecule is COc1cc(C(O)C(CO)Oc2ccccc2C)ccc1C. The van der Waals surface area contributed by atoms with E-state index >= 15 is 0 Å². The molecule has 0 aliphatic rings. The van der Waals surface area contributed by atoms with E-state index in [0.29, 0.717) is 17.1 Å². The normalized spacial score (nSPS) is 13.5. The largest absolute Gasteiger partial charge is 0.496 e. The van der Waals surface area contributed by atoms with Crippen LogP contribution in [0.2, 0.25) is 0 Å². The van der Waals surface area contributed by atoms with E-state index in [4.69, 9.17) is 9.47 Å². The number of para-hydroxylation sites is 1. The average Bonchev–Trinajstić information content (AvgIpc) is 2.54. The van der Waals surface area contributed by atoms with Crippen LogP contribution in [0.25, 0.3) is 0 Å². The summed E-state index contributed by atoms with van der Waals surface area (Å²) in [7, 11) is 1.59. The summed E-state index contributed by atoms with van der Waals surface area (Å²) in [6, 6.07) is 13.0. The highest BCUT2D eigenvalue weighted by Gasteiger charge is 2.23. The first-order valence-electron chi connectivity index (χ1n) is 7.22. The summed E-state index contributed by atoms with van der Waals surface area (Å²) in [5, 5.41) is 20.1. The number of ether oxygens (including phenoxy) is 2. The minimum Gasteiger partial charge on any atom is -0.496 e. The van der Waals surface area contributed by atoms with Gasteiger partial charge >= 0.3 is 0 Å². The summed E-state index contributed by atoms with van der Waals surface area (Å²) < 4.78 is 11.0. The maximum Gasteiger partial charge on any atom is 0.152 e. The molecule has 0 radical (unpaired) electrons. The molecule has 4 heteroatoms. The first-order valence-corrected chi connectivity index (χ1v) is 7.22. The van der Waals surface area contributed by atoms with Crippen LogP contribution in [0.5, 0.6) is 11.5 Å². The number of aliphatic hydroxyl groups is 2. The predicted molar refractivity (Wildman–Crippen MR) is 85.4 cm³/mol. The van der Waals surface area contributed by atoms with Gasteiger partial charge in [-0.15, -0.1) is 0 Å². The predicted octanol–water partition coefficient (Wildman–Crippen LogP) is 2.79. The lowest BCUT2D eigenvalue weighted by Crippen LogP contribution is -2.29. The third kappa shape index (κ3) is 3.59. The van der Waals surface area contributed by atoms with Crippen LogP contribution in [0.4, 0.5) is 0 Å². The summed E-state index contributed by atoms with van der Waals surface area (Å²) >= 11 is 0. The molecule has 0 aromatic heterocycles. The second-order valence-electron chi connectivity index (χ2n) is 5.28. The summed E-state index contributed by atoms with van der Waals surface area (Å²) in [5.41, 5.74) is 2.59. The lowest BCUT2D eigenvalue weighted by atomic mass is 10.0. The maximum absolute atomic E-state index is 10.5. The Morgan fingerprint density at radius 2 is 1.68 bits per heavy atom. The molecule has 2 N–H and O–H groups in total. The third-order valence-corrected chi connectivity index (χ3v) is 3.68. The van der Waals surface area contributed by atoms with Gasteiger partial charge in [0, 0.05) is 0 Å². The van der Waals surface area contributed by atoms with Crippen molar-refractivity contribution < 1.29 is 19.7 Å². The standard InChI is InChI=1S/C18H22O4/c1-12-6-4-5-7-15(12)22-17(11-19)18(20)14-9-8-13(2)16(10-14)21-3/h4-10,17-20H,11H2,1-3H3. The molecule has 4 nitrogen and oxygen atoms in total. The summed E-state index contributed by atoms with van der Waals surface area (Å²) in [6.45, 7) is 3.57. The van der Waals surface area contributed by atoms with Gasteiger partial charge in [0.2, 0.25) is 0 Å². The van der Waals surface area contributed by atoms with Crippen molar-refractivity contribution in [3.05, 3.63) is 59.2 Å². The highest BCUT2D eigenvalue weighted by atomic mass is 16.5. The first kappa shape index (κ1) is 16.3. The molecule has 0 aliphatic heterocycles. The first-order chi connectivity index (χ1) is 10.6. The highest BCUT2D eigenvalue weighted by molar-refractivity contribution is 5.38. The molecular weight excluding hydrogens is 280 g/mol. The van der Waals surface area contributed by atoms with Crippen molar-refractivity contribution in [2.24, 2.45) is 0 Å². The Kier molecular flexibility index (Phi) is 5.41. The van der Waals surface area contributed by atoms with Crippen LogP contribution < -0.4 is 9.47 Å². The van der Waals surface area contributed by atoms with Gasteiger partial charge in [-0.3, -0.25) is 0 Å². The smallest absolute Gasteiger partial charge is 0.152 e. The summed E-state index contributed by atoms with van der Waals surface area (Å²) in [5.74, 6) is 1.35. The van der Waals surface area contributed by atoms with Crippen molar-refractivity contribution in [1.29, 1.82) is 0 Å². The van der Waals surface area contributed by atoms with Gasteiger partial charge < -0.3 is 19.7 Å². The number of aliphatic hydroxyl groups excluding tert-OH is 2. The van der Waals surface area contributed by atoms with E-state index in [-0.39, 0.29) is 6.61 Å². The van der Waals surface area contributed by atoms with Crippen LogP contribution in [0.1, 0.15) is 22.8 Å². The number of benzene rings is 2. The lowest BCUT2D eigenvalue weighted by molar-refractivity contribution is 0.000351. The van der Waals surface area contributed by atoms with Crippen molar-refractivity contribution in [2.75, 3.05) is 13.7 Å². The Bertz CT molecular complexity index is 624. The van der Waals surface area contributed by atoms with E-state index in [1.807, 2.05) is 50.2 Å². The van der Waals surface area contributed by atoms with E-state index in [0.717, 1.165) is 11.1 Å². The zero-order valence-electron chi connectivity index (χ0n) is 13.1. The van der Waals surface area contributed by atoms with Crippen molar-refractivity contribution in [2.45, 2.75) is 26.1 Å². The Hall–Kier alpha value is -2.04. The van der Waals surface area contributed by atoms with Crippen molar-refractivity contribution >= 4 is 0 Å². The molecule has 2 aromatic carbocycles. The quantitative estimate of drug-likeness (QED) is 0.861. The fraction of sp³-hybridized carbons (Fsp3) is 0.333. The van der Waals surface area contributed by atoms with Gasteiger partial charge in [0.25, 0.3) is 0 Å². The Labute approximate surface area is 130 Å². The van der Waals surface area contributed by atoms with Crippen molar-refractivity contribution in [3.63, 3.8) is 0 Å². The summed E-state index contributed by atoms with van der Waals surface area (Å²) in [4.78, 5) is 0. The zero-order valence-corrected chi connectivity index (χ0v) is 13.1. The number of methoxy groups -OCH3 is 1. The van der Waals surface area contributed by atoms with Crippen LogP contribution in [0.3, 0.4) is 0 Å². The van der Waals surface area contributed by atoms with Crippen LogP contribution in [0, 0.1) is 13.8 Å². The second kappa shape index (κ2) is 7.29. The van der Waals surface area contributed by atoms with Crippen LogP contribution in [-0.2, 0) is 0 Å². The molecule has 22 heavy (non-hydrogen) atoms. The van der Waals surface area contributed by atoms with Crippen LogP contribution in [0.15, 0.2) is 42.5 Å². The van der Waals surface area contributed by atoms with Gasteiger partial charge in [0.1, 0.15) is 17.6 Å². The molecule has 118 valence electrons.